The Balaban J connectivity index is 2.07. The van der Waals surface area contributed by atoms with E-state index in [-0.39, 0.29) is 24.9 Å². The number of benzene rings is 1. The molecule has 0 spiro atoms. The number of carbonyl (C=O) groups is 5. The van der Waals surface area contributed by atoms with E-state index < -0.39 is 35.8 Å². The second-order valence-electron chi connectivity index (χ2n) is 8.32. The van der Waals surface area contributed by atoms with Crippen molar-refractivity contribution in [2.45, 2.75) is 44.4 Å². The van der Waals surface area contributed by atoms with Crippen molar-refractivity contribution in [2.75, 3.05) is 25.5 Å². The number of hydrogen-bond acceptors (Lipinski definition) is 6. The lowest BCUT2D eigenvalue weighted by Gasteiger charge is -2.29. The summed E-state index contributed by atoms with van der Waals surface area (Å²) >= 11 is 0. The zero-order valence-electron chi connectivity index (χ0n) is 20.6. The molecule has 1 aliphatic rings. The molecule has 1 aliphatic heterocycles. The van der Waals surface area contributed by atoms with E-state index in [2.05, 4.69) is 39.7 Å². The summed E-state index contributed by atoms with van der Waals surface area (Å²) in [6, 6.07) is 4.70. The zero-order valence-corrected chi connectivity index (χ0v) is 20.6. The average molecular weight is 499 g/mol. The standard InChI is InChI=1S/C25H34N6O5/c1-5-21(32)27-15-19(30-23(34)16(3)26-4)25(36)31-12-8-11-20(31)24(35)28-14-17-9-7-10-18(13-17)29-22(33)6-2/h5-7,9-10,13,16,19-20,26H,1-2,8,11-12,14-15H2,3-4H3,(H,27,32)(H,28,35)(H,29,33)(H,30,34)/t16?,19-,20?/m0/s1. The molecule has 11 nitrogen and oxygen atoms in total. The molecule has 2 unspecified atom stereocenters. The SMILES string of the molecule is C=CC(=O)NC[C@H](NC(=O)C(C)NC)C(=O)N1CCCC1C(=O)NCc1cccc(NC(=O)C=C)c1. The average Bonchev–Trinajstić information content (AvgIpc) is 3.38. The fourth-order valence-electron chi connectivity index (χ4n) is 3.67. The van der Waals surface area contributed by atoms with E-state index in [1.165, 1.54) is 4.90 Å². The van der Waals surface area contributed by atoms with Crippen molar-refractivity contribution in [2.24, 2.45) is 0 Å². The van der Waals surface area contributed by atoms with Gasteiger partial charge in [0.25, 0.3) is 0 Å². The Kier molecular flexibility index (Phi) is 10.8. The third kappa shape index (κ3) is 8.05. The van der Waals surface area contributed by atoms with E-state index in [1.54, 1.807) is 38.2 Å². The van der Waals surface area contributed by atoms with E-state index in [4.69, 9.17) is 0 Å². The summed E-state index contributed by atoms with van der Waals surface area (Å²) in [6.07, 6.45) is 3.33. The topological polar surface area (TPSA) is 149 Å². The summed E-state index contributed by atoms with van der Waals surface area (Å²) in [7, 11) is 1.62. The Bertz CT molecular complexity index is 1010. The fourth-order valence-corrected chi connectivity index (χ4v) is 3.67. The molecule has 3 atom stereocenters. The van der Waals surface area contributed by atoms with Crippen LogP contribution in [0.1, 0.15) is 25.3 Å². The first kappa shape index (κ1) is 28.2. The molecule has 36 heavy (non-hydrogen) atoms. The first-order valence-corrected chi connectivity index (χ1v) is 11.7. The van der Waals surface area contributed by atoms with Crippen LogP contribution in [0, 0.1) is 0 Å². The molecule has 0 aliphatic carbocycles. The van der Waals surface area contributed by atoms with Crippen LogP contribution in [0.3, 0.4) is 0 Å². The van der Waals surface area contributed by atoms with Gasteiger partial charge in [0.2, 0.25) is 29.5 Å². The van der Waals surface area contributed by atoms with Crippen LogP contribution in [-0.4, -0.2) is 72.7 Å². The van der Waals surface area contributed by atoms with Gasteiger partial charge in [0, 0.05) is 25.3 Å². The molecule has 5 amide bonds. The Hall–Kier alpha value is -3.99. The summed E-state index contributed by atoms with van der Waals surface area (Å²) in [5.74, 6) is -2.02. The highest BCUT2D eigenvalue weighted by Gasteiger charge is 2.38. The summed E-state index contributed by atoms with van der Waals surface area (Å²) in [5, 5.41) is 13.5. The minimum absolute atomic E-state index is 0.139. The van der Waals surface area contributed by atoms with Crippen molar-refractivity contribution in [3.05, 3.63) is 55.1 Å². The molecular weight excluding hydrogens is 464 g/mol. The Labute approximate surface area is 210 Å². The molecule has 5 N–H and O–H groups in total. The number of carbonyl (C=O) groups excluding carboxylic acids is 5. The van der Waals surface area contributed by atoms with Crippen molar-refractivity contribution in [1.82, 2.24) is 26.2 Å². The maximum atomic E-state index is 13.3. The minimum atomic E-state index is -1.05. The molecule has 0 aromatic heterocycles. The van der Waals surface area contributed by atoms with Gasteiger partial charge < -0.3 is 31.5 Å². The maximum absolute atomic E-state index is 13.3. The molecule has 1 aromatic rings. The molecule has 1 saturated heterocycles. The van der Waals surface area contributed by atoms with E-state index >= 15 is 0 Å². The van der Waals surface area contributed by atoms with Crippen LogP contribution in [0.2, 0.25) is 0 Å². The highest BCUT2D eigenvalue weighted by Crippen LogP contribution is 2.19. The number of likely N-dealkylation sites (N-methyl/N-ethyl adjacent to an activating group) is 1. The van der Waals surface area contributed by atoms with E-state index in [9.17, 15) is 24.0 Å². The fraction of sp³-hybridized carbons (Fsp3) is 0.400. The Morgan fingerprint density at radius 1 is 1.11 bits per heavy atom. The lowest BCUT2D eigenvalue weighted by atomic mass is 10.1. The third-order valence-electron chi connectivity index (χ3n) is 5.79. The molecule has 1 fully saturated rings. The van der Waals surface area contributed by atoms with Crippen LogP contribution in [0.4, 0.5) is 5.69 Å². The first-order chi connectivity index (χ1) is 17.2. The number of rotatable bonds is 12. The number of likely N-dealkylation sites (tertiary alicyclic amines) is 1. The number of anilines is 1. The second kappa shape index (κ2) is 13.8. The van der Waals surface area contributed by atoms with Gasteiger partial charge in [0.05, 0.1) is 6.04 Å². The largest absolute Gasteiger partial charge is 0.350 e. The van der Waals surface area contributed by atoms with Crippen molar-refractivity contribution in [1.29, 1.82) is 0 Å². The first-order valence-electron chi connectivity index (χ1n) is 11.7. The molecular formula is C25H34N6O5. The highest BCUT2D eigenvalue weighted by atomic mass is 16.2. The quantitative estimate of drug-likeness (QED) is 0.252. The van der Waals surface area contributed by atoms with Gasteiger partial charge in [0.1, 0.15) is 12.1 Å². The van der Waals surface area contributed by atoms with Gasteiger partial charge in [-0.1, -0.05) is 25.3 Å². The van der Waals surface area contributed by atoms with E-state index in [0.29, 0.717) is 25.1 Å². The Morgan fingerprint density at radius 2 is 1.83 bits per heavy atom. The van der Waals surface area contributed by atoms with Crippen LogP contribution in [0.5, 0.6) is 0 Å². The summed E-state index contributed by atoms with van der Waals surface area (Å²) in [4.78, 5) is 63.4. The summed E-state index contributed by atoms with van der Waals surface area (Å²) in [6.45, 7) is 8.85. The molecule has 0 bridgehead atoms. The monoisotopic (exact) mass is 498 g/mol. The smallest absolute Gasteiger partial charge is 0.247 e. The van der Waals surface area contributed by atoms with Crippen molar-refractivity contribution >= 4 is 35.2 Å². The van der Waals surface area contributed by atoms with Gasteiger partial charge in [-0.15, -0.1) is 0 Å². The second-order valence-corrected chi connectivity index (χ2v) is 8.32. The van der Waals surface area contributed by atoms with Crippen LogP contribution in [-0.2, 0) is 30.5 Å². The maximum Gasteiger partial charge on any atom is 0.247 e. The number of amides is 5. The molecule has 0 radical (unpaired) electrons. The summed E-state index contributed by atoms with van der Waals surface area (Å²) < 4.78 is 0. The Morgan fingerprint density at radius 3 is 2.50 bits per heavy atom. The lowest BCUT2D eigenvalue weighted by Crippen LogP contribution is -2.58. The zero-order chi connectivity index (χ0) is 26.7. The van der Waals surface area contributed by atoms with Gasteiger partial charge in [0.15, 0.2) is 0 Å². The minimum Gasteiger partial charge on any atom is -0.350 e. The van der Waals surface area contributed by atoms with Crippen molar-refractivity contribution in [3.8, 4) is 0 Å². The lowest BCUT2D eigenvalue weighted by molar-refractivity contribution is -0.141. The molecule has 194 valence electrons. The van der Waals surface area contributed by atoms with Gasteiger partial charge in [-0.2, -0.15) is 0 Å². The van der Waals surface area contributed by atoms with Crippen LogP contribution in [0.25, 0.3) is 0 Å². The van der Waals surface area contributed by atoms with Crippen LogP contribution < -0.4 is 26.6 Å². The number of nitrogens with one attached hydrogen (secondary N) is 5. The molecule has 0 saturated carbocycles. The van der Waals surface area contributed by atoms with Crippen LogP contribution in [0.15, 0.2) is 49.6 Å². The van der Waals surface area contributed by atoms with Gasteiger partial charge in [-0.25, -0.2) is 0 Å². The molecule has 1 heterocycles. The normalized spacial score (nSPS) is 16.3. The van der Waals surface area contributed by atoms with Gasteiger partial charge in [-0.05, 0) is 56.7 Å². The van der Waals surface area contributed by atoms with Gasteiger partial charge >= 0.3 is 0 Å². The summed E-state index contributed by atoms with van der Waals surface area (Å²) in [5.41, 5.74) is 1.33. The predicted octanol–water partition coefficient (Wildman–Crippen LogP) is -0.187. The number of hydrogen-bond donors (Lipinski definition) is 5. The van der Waals surface area contributed by atoms with Crippen molar-refractivity contribution < 1.29 is 24.0 Å². The predicted molar refractivity (Wildman–Crippen MR) is 136 cm³/mol. The molecule has 11 heteroatoms. The highest BCUT2D eigenvalue weighted by molar-refractivity contribution is 5.99. The van der Waals surface area contributed by atoms with Gasteiger partial charge in [-0.3, -0.25) is 24.0 Å². The third-order valence-corrected chi connectivity index (χ3v) is 5.79. The number of nitrogens with zero attached hydrogens (tertiary/aromatic N) is 1. The van der Waals surface area contributed by atoms with E-state index in [0.717, 1.165) is 17.7 Å². The van der Waals surface area contributed by atoms with Crippen molar-refractivity contribution in [3.63, 3.8) is 0 Å². The molecule has 2 rings (SSSR count). The van der Waals surface area contributed by atoms with Crippen LogP contribution >= 0.6 is 0 Å². The molecule has 1 aromatic carbocycles. The van der Waals surface area contributed by atoms with E-state index in [1.807, 2.05) is 0 Å².